The third-order valence-electron chi connectivity index (χ3n) is 4.05. The lowest BCUT2D eigenvalue weighted by molar-refractivity contribution is -0.142. The summed E-state index contributed by atoms with van der Waals surface area (Å²) < 4.78 is 0. The number of hydroxylamine groups is 1. The summed E-state index contributed by atoms with van der Waals surface area (Å²) in [6, 6.07) is 16.1. The number of aliphatic carboxylic acids is 1. The normalized spacial score (nSPS) is 11.8. The van der Waals surface area contributed by atoms with Crippen LogP contribution in [-0.2, 0) is 22.7 Å². The molecule has 0 saturated carbocycles. The average Bonchev–Trinajstić information content (AvgIpc) is 2.64. The Labute approximate surface area is 152 Å². The van der Waals surface area contributed by atoms with Gasteiger partial charge in [-0.2, -0.15) is 0 Å². The highest BCUT2D eigenvalue weighted by Crippen LogP contribution is 2.15. The van der Waals surface area contributed by atoms with Crippen LogP contribution in [0, 0.1) is 5.92 Å². The minimum Gasteiger partial charge on any atom is -0.481 e. The Morgan fingerprint density at radius 2 is 1.65 bits per heavy atom. The summed E-state index contributed by atoms with van der Waals surface area (Å²) in [5.41, 5.74) is 4.93. The van der Waals surface area contributed by atoms with Crippen molar-refractivity contribution in [2.45, 2.75) is 25.9 Å². The molecule has 0 fully saturated rings. The number of hydrogen-bond acceptors (Lipinski definition) is 4. The lowest BCUT2D eigenvalue weighted by Gasteiger charge is -2.13. The van der Waals surface area contributed by atoms with Crippen molar-refractivity contribution < 1.29 is 24.6 Å². The summed E-state index contributed by atoms with van der Waals surface area (Å²) in [4.78, 5) is 27.6. The Bertz CT molecular complexity index is 700. The van der Waals surface area contributed by atoms with Crippen LogP contribution >= 0.6 is 0 Å². The lowest BCUT2D eigenvalue weighted by atomic mass is 9.94. The zero-order valence-corrected chi connectivity index (χ0v) is 14.4. The van der Waals surface area contributed by atoms with Crippen LogP contribution < -0.4 is 5.48 Å². The van der Waals surface area contributed by atoms with E-state index in [0.717, 1.165) is 11.1 Å². The van der Waals surface area contributed by atoms with Crippen molar-refractivity contribution in [2.24, 2.45) is 5.92 Å². The van der Waals surface area contributed by atoms with Gasteiger partial charge in [0.2, 0.25) is 0 Å². The molecular weight excluding hydrogens is 334 g/mol. The smallest absolute Gasteiger partial charge is 0.335 e. The maximum absolute atomic E-state index is 11.4. The van der Waals surface area contributed by atoms with Crippen LogP contribution in [0.15, 0.2) is 54.6 Å². The second-order valence-corrected chi connectivity index (χ2v) is 6.05. The summed E-state index contributed by atoms with van der Waals surface area (Å²) in [6.07, 6.45) is 1.55. The van der Waals surface area contributed by atoms with Gasteiger partial charge in [0.15, 0.2) is 0 Å². The van der Waals surface area contributed by atoms with Gasteiger partial charge in [0.25, 0.3) is 0 Å². The highest BCUT2D eigenvalue weighted by Gasteiger charge is 2.17. The lowest BCUT2D eigenvalue weighted by Crippen LogP contribution is -2.20. The summed E-state index contributed by atoms with van der Waals surface area (Å²) in [6.45, 7) is 1.02. The van der Waals surface area contributed by atoms with Gasteiger partial charge in [-0.15, -0.1) is 0 Å². The van der Waals surface area contributed by atoms with E-state index >= 15 is 0 Å². The van der Waals surface area contributed by atoms with E-state index in [1.165, 1.54) is 12.1 Å². The molecular formula is C20H23NO5. The molecule has 0 saturated heterocycles. The molecule has 0 aliphatic carbocycles. The first-order chi connectivity index (χ1) is 12.6. The van der Waals surface area contributed by atoms with Crippen LogP contribution in [0.1, 0.15) is 34.3 Å². The third-order valence-corrected chi connectivity index (χ3v) is 4.05. The predicted octanol–water partition coefficient (Wildman–Crippen LogP) is 3.13. The Kier molecular flexibility index (Phi) is 7.79. The zero-order valence-electron chi connectivity index (χ0n) is 14.4. The molecule has 26 heavy (non-hydrogen) atoms. The molecule has 2 aromatic rings. The van der Waals surface area contributed by atoms with Crippen LogP contribution in [0.3, 0.4) is 0 Å². The highest BCUT2D eigenvalue weighted by atomic mass is 16.6. The molecule has 0 aliphatic rings. The van der Waals surface area contributed by atoms with Crippen molar-refractivity contribution >= 4 is 11.9 Å². The molecule has 0 spiro atoms. The van der Waals surface area contributed by atoms with Gasteiger partial charge in [-0.25, -0.2) is 10.3 Å². The molecule has 138 valence electrons. The Balaban J connectivity index is 1.70. The SMILES string of the molecule is O=C(O)c1ccc(CC(CCCNOCc2ccccc2)C(=O)O)cc1. The van der Waals surface area contributed by atoms with Gasteiger partial charge in [0, 0.05) is 6.54 Å². The number of nitrogens with one attached hydrogen (secondary N) is 1. The number of benzene rings is 2. The molecule has 0 aromatic heterocycles. The van der Waals surface area contributed by atoms with Gasteiger partial charge in [-0.3, -0.25) is 9.63 Å². The molecule has 0 bridgehead atoms. The Morgan fingerprint density at radius 3 is 2.27 bits per heavy atom. The first-order valence-electron chi connectivity index (χ1n) is 8.50. The van der Waals surface area contributed by atoms with E-state index in [1.54, 1.807) is 12.1 Å². The molecule has 1 unspecified atom stereocenters. The van der Waals surface area contributed by atoms with E-state index in [9.17, 15) is 14.7 Å². The molecule has 3 N–H and O–H groups in total. The number of carboxylic acid groups (broad SMARTS) is 2. The quantitative estimate of drug-likeness (QED) is 0.422. The molecule has 6 nitrogen and oxygen atoms in total. The van der Waals surface area contributed by atoms with E-state index in [0.29, 0.717) is 32.4 Å². The van der Waals surface area contributed by atoms with Crippen LogP contribution in [0.2, 0.25) is 0 Å². The number of rotatable bonds is 11. The van der Waals surface area contributed by atoms with Gasteiger partial charge >= 0.3 is 11.9 Å². The van der Waals surface area contributed by atoms with Gasteiger partial charge < -0.3 is 10.2 Å². The standard InChI is InChI=1S/C20H23NO5/c22-19(23)17-10-8-15(9-11-17)13-18(20(24)25)7-4-12-21-26-14-16-5-2-1-3-6-16/h1-3,5-6,8-11,18,21H,4,7,12-14H2,(H,22,23)(H,24,25). The van der Waals surface area contributed by atoms with Crippen molar-refractivity contribution in [3.8, 4) is 0 Å². The van der Waals surface area contributed by atoms with Crippen LogP contribution in [-0.4, -0.2) is 28.7 Å². The first-order valence-corrected chi connectivity index (χ1v) is 8.50. The second kappa shape index (κ2) is 10.3. The van der Waals surface area contributed by atoms with E-state index < -0.39 is 17.9 Å². The zero-order chi connectivity index (χ0) is 18.8. The third kappa shape index (κ3) is 6.66. The number of carbonyl (C=O) groups is 2. The van der Waals surface area contributed by atoms with E-state index in [4.69, 9.17) is 9.94 Å². The maximum atomic E-state index is 11.4. The fourth-order valence-electron chi connectivity index (χ4n) is 2.58. The van der Waals surface area contributed by atoms with Gasteiger partial charge in [0.05, 0.1) is 18.1 Å². The number of hydrogen-bond donors (Lipinski definition) is 3. The topological polar surface area (TPSA) is 95.9 Å². The minimum atomic E-state index is -0.993. The monoisotopic (exact) mass is 357 g/mol. The second-order valence-electron chi connectivity index (χ2n) is 6.05. The van der Waals surface area contributed by atoms with Crippen molar-refractivity contribution in [2.75, 3.05) is 6.54 Å². The fraction of sp³-hybridized carbons (Fsp3) is 0.300. The molecule has 2 rings (SSSR count). The van der Waals surface area contributed by atoms with Gasteiger partial charge in [-0.05, 0) is 42.5 Å². The summed E-state index contributed by atoms with van der Waals surface area (Å²) >= 11 is 0. The summed E-state index contributed by atoms with van der Waals surface area (Å²) in [7, 11) is 0. The maximum Gasteiger partial charge on any atom is 0.335 e. The van der Waals surface area contributed by atoms with E-state index in [2.05, 4.69) is 5.48 Å². The van der Waals surface area contributed by atoms with Gasteiger partial charge in [0.1, 0.15) is 0 Å². The molecule has 6 heteroatoms. The number of aromatic carboxylic acids is 1. The Morgan fingerprint density at radius 1 is 0.962 bits per heavy atom. The molecule has 0 aliphatic heterocycles. The van der Waals surface area contributed by atoms with E-state index in [1.807, 2.05) is 30.3 Å². The molecule has 0 amide bonds. The van der Waals surface area contributed by atoms with E-state index in [-0.39, 0.29) is 5.56 Å². The minimum absolute atomic E-state index is 0.195. The predicted molar refractivity (Wildman–Crippen MR) is 96.7 cm³/mol. The van der Waals surface area contributed by atoms with Crippen molar-refractivity contribution in [3.63, 3.8) is 0 Å². The van der Waals surface area contributed by atoms with Crippen molar-refractivity contribution in [1.82, 2.24) is 5.48 Å². The highest BCUT2D eigenvalue weighted by molar-refractivity contribution is 5.87. The average molecular weight is 357 g/mol. The molecule has 0 radical (unpaired) electrons. The van der Waals surface area contributed by atoms with Crippen LogP contribution in [0.4, 0.5) is 0 Å². The largest absolute Gasteiger partial charge is 0.481 e. The van der Waals surface area contributed by atoms with Crippen molar-refractivity contribution in [1.29, 1.82) is 0 Å². The molecule has 1 atom stereocenters. The summed E-state index contributed by atoms with van der Waals surface area (Å²) in [5, 5.41) is 18.3. The van der Waals surface area contributed by atoms with Crippen LogP contribution in [0.5, 0.6) is 0 Å². The molecule has 0 heterocycles. The van der Waals surface area contributed by atoms with Crippen LogP contribution in [0.25, 0.3) is 0 Å². The Hall–Kier alpha value is -2.70. The molecule has 2 aromatic carbocycles. The summed E-state index contributed by atoms with van der Waals surface area (Å²) in [5.74, 6) is -2.35. The fourth-order valence-corrected chi connectivity index (χ4v) is 2.58. The van der Waals surface area contributed by atoms with Gasteiger partial charge in [-0.1, -0.05) is 42.5 Å². The first kappa shape index (κ1) is 19.6. The van der Waals surface area contributed by atoms with Crippen molar-refractivity contribution in [3.05, 3.63) is 71.3 Å². The number of carboxylic acids is 2.